The maximum atomic E-state index is 5.97. The average Bonchev–Trinajstić information content (AvgIpc) is 2.85. The van der Waals surface area contributed by atoms with Crippen LogP contribution in [-0.4, -0.2) is 16.0 Å². The zero-order chi connectivity index (χ0) is 11.1. The van der Waals surface area contributed by atoms with E-state index in [9.17, 15) is 0 Å². The van der Waals surface area contributed by atoms with Crippen LogP contribution in [0.1, 0.15) is 39.4 Å². The van der Waals surface area contributed by atoms with E-state index in [1.54, 1.807) is 6.07 Å². The molecule has 1 aromatic rings. The van der Waals surface area contributed by atoms with E-state index in [1.165, 1.54) is 12.8 Å². The van der Waals surface area contributed by atoms with Crippen molar-refractivity contribution in [1.82, 2.24) is 9.97 Å². The van der Waals surface area contributed by atoms with Crippen LogP contribution in [0.2, 0.25) is 5.15 Å². The average molecular weight is 226 g/mol. The second-order valence-electron chi connectivity index (χ2n) is 5.07. The van der Waals surface area contributed by atoms with Gasteiger partial charge in [0.1, 0.15) is 16.8 Å². The van der Waals surface area contributed by atoms with Crippen LogP contribution in [0.5, 0.6) is 0 Å². The standard InChI is InChI=1S/C11H16ClN3/c1-11(2,3)10-14-8(12)6-9(15-10)13-7-4-5-7/h6-7H,4-5H2,1-3H3,(H,13,14,15). The van der Waals surface area contributed by atoms with E-state index in [4.69, 9.17) is 11.6 Å². The van der Waals surface area contributed by atoms with Crippen molar-refractivity contribution < 1.29 is 0 Å². The van der Waals surface area contributed by atoms with Crippen molar-refractivity contribution in [1.29, 1.82) is 0 Å². The van der Waals surface area contributed by atoms with Gasteiger partial charge in [0.05, 0.1) is 0 Å². The summed E-state index contributed by atoms with van der Waals surface area (Å²) in [5.41, 5.74) is -0.0646. The van der Waals surface area contributed by atoms with Gasteiger partial charge in [0.25, 0.3) is 0 Å². The van der Waals surface area contributed by atoms with E-state index in [0.29, 0.717) is 11.2 Å². The molecular formula is C11H16ClN3. The van der Waals surface area contributed by atoms with Gasteiger partial charge in [-0.2, -0.15) is 0 Å². The van der Waals surface area contributed by atoms with Crippen LogP contribution in [0.25, 0.3) is 0 Å². The summed E-state index contributed by atoms with van der Waals surface area (Å²) in [6.07, 6.45) is 2.46. The Labute approximate surface area is 95.3 Å². The molecule has 0 saturated heterocycles. The lowest BCUT2D eigenvalue weighted by Gasteiger charge is -2.17. The van der Waals surface area contributed by atoms with Crippen molar-refractivity contribution in [2.75, 3.05) is 5.32 Å². The summed E-state index contributed by atoms with van der Waals surface area (Å²) in [5.74, 6) is 1.64. The van der Waals surface area contributed by atoms with E-state index in [-0.39, 0.29) is 5.41 Å². The van der Waals surface area contributed by atoms with Crippen LogP contribution in [0.3, 0.4) is 0 Å². The Kier molecular flexibility index (Phi) is 2.59. The van der Waals surface area contributed by atoms with E-state index >= 15 is 0 Å². The summed E-state index contributed by atoms with van der Waals surface area (Å²) in [4.78, 5) is 8.73. The molecule has 2 rings (SSSR count). The molecule has 3 nitrogen and oxygen atoms in total. The lowest BCUT2D eigenvalue weighted by molar-refractivity contribution is 0.546. The highest BCUT2D eigenvalue weighted by Gasteiger charge is 2.23. The Hall–Kier alpha value is -0.830. The molecule has 4 heteroatoms. The maximum Gasteiger partial charge on any atom is 0.137 e. The first-order chi connectivity index (χ1) is 6.95. The van der Waals surface area contributed by atoms with Crippen LogP contribution in [0.15, 0.2) is 6.07 Å². The Morgan fingerprint density at radius 1 is 1.33 bits per heavy atom. The second kappa shape index (κ2) is 3.63. The lowest BCUT2D eigenvalue weighted by atomic mass is 9.96. The second-order valence-corrected chi connectivity index (χ2v) is 5.46. The van der Waals surface area contributed by atoms with Crippen LogP contribution in [0.4, 0.5) is 5.82 Å². The molecule has 1 aliphatic rings. The number of nitrogens with zero attached hydrogens (tertiary/aromatic N) is 2. The predicted octanol–water partition coefficient (Wildman–Crippen LogP) is 3.00. The molecule has 0 aromatic carbocycles. The Morgan fingerprint density at radius 2 is 2.00 bits per heavy atom. The molecule has 1 fully saturated rings. The van der Waals surface area contributed by atoms with Crippen molar-refractivity contribution in [3.63, 3.8) is 0 Å². The summed E-state index contributed by atoms with van der Waals surface area (Å²) in [5, 5.41) is 3.85. The van der Waals surface area contributed by atoms with E-state index < -0.39 is 0 Å². The quantitative estimate of drug-likeness (QED) is 0.787. The number of hydrogen-bond donors (Lipinski definition) is 1. The van der Waals surface area contributed by atoms with Gasteiger partial charge in [-0.15, -0.1) is 0 Å². The number of aromatic nitrogens is 2. The third-order valence-corrected chi connectivity index (χ3v) is 2.49. The largest absolute Gasteiger partial charge is 0.367 e. The summed E-state index contributed by atoms with van der Waals surface area (Å²) in [6.45, 7) is 6.25. The highest BCUT2D eigenvalue weighted by molar-refractivity contribution is 6.29. The number of halogens is 1. The third-order valence-electron chi connectivity index (χ3n) is 2.30. The van der Waals surface area contributed by atoms with Gasteiger partial charge >= 0.3 is 0 Å². The van der Waals surface area contributed by atoms with E-state index in [0.717, 1.165) is 11.6 Å². The Bertz CT molecular complexity index is 367. The van der Waals surface area contributed by atoms with Gasteiger partial charge in [-0.3, -0.25) is 0 Å². The number of rotatable bonds is 2. The Balaban J connectivity index is 2.27. The number of anilines is 1. The fraction of sp³-hybridized carbons (Fsp3) is 0.636. The molecule has 15 heavy (non-hydrogen) atoms. The van der Waals surface area contributed by atoms with Crippen molar-refractivity contribution in [3.8, 4) is 0 Å². The molecule has 1 aromatic heterocycles. The van der Waals surface area contributed by atoms with Gasteiger partial charge in [-0.05, 0) is 12.8 Å². The summed E-state index contributed by atoms with van der Waals surface area (Å²) < 4.78 is 0. The van der Waals surface area contributed by atoms with Crippen LogP contribution >= 0.6 is 11.6 Å². The van der Waals surface area contributed by atoms with Crippen LogP contribution < -0.4 is 5.32 Å². The summed E-state index contributed by atoms with van der Waals surface area (Å²) in [6, 6.07) is 2.37. The van der Waals surface area contributed by atoms with Crippen LogP contribution in [0, 0.1) is 0 Å². The Morgan fingerprint density at radius 3 is 2.53 bits per heavy atom. The topological polar surface area (TPSA) is 37.8 Å². The molecular weight excluding hydrogens is 210 g/mol. The first kappa shape index (κ1) is 10.7. The normalized spacial score (nSPS) is 16.5. The molecule has 0 radical (unpaired) electrons. The maximum absolute atomic E-state index is 5.97. The fourth-order valence-electron chi connectivity index (χ4n) is 1.26. The third kappa shape index (κ3) is 2.81. The van der Waals surface area contributed by atoms with Crippen molar-refractivity contribution in [3.05, 3.63) is 17.0 Å². The van der Waals surface area contributed by atoms with Gasteiger partial charge in [0.15, 0.2) is 0 Å². The monoisotopic (exact) mass is 225 g/mol. The minimum absolute atomic E-state index is 0.0646. The first-order valence-electron chi connectivity index (χ1n) is 5.27. The van der Waals surface area contributed by atoms with E-state index in [2.05, 4.69) is 36.1 Å². The molecule has 82 valence electrons. The number of hydrogen-bond acceptors (Lipinski definition) is 3. The van der Waals surface area contributed by atoms with Gasteiger partial charge in [-0.25, -0.2) is 9.97 Å². The first-order valence-corrected chi connectivity index (χ1v) is 5.64. The molecule has 1 heterocycles. The molecule has 1 N–H and O–H groups in total. The zero-order valence-corrected chi connectivity index (χ0v) is 10.1. The molecule has 0 bridgehead atoms. The zero-order valence-electron chi connectivity index (χ0n) is 9.34. The molecule has 1 aliphatic carbocycles. The minimum atomic E-state index is -0.0646. The molecule has 0 aliphatic heterocycles. The van der Waals surface area contributed by atoms with Gasteiger partial charge in [-0.1, -0.05) is 32.4 Å². The van der Waals surface area contributed by atoms with Crippen molar-refractivity contribution in [2.45, 2.75) is 45.1 Å². The van der Waals surface area contributed by atoms with Gasteiger partial charge in [0, 0.05) is 17.5 Å². The molecule has 0 amide bonds. The van der Waals surface area contributed by atoms with Gasteiger partial charge in [0.2, 0.25) is 0 Å². The predicted molar refractivity (Wildman–Crippen MR) is 62.4 cm³/mol. The smallest absolute Gasteiger partial charge is 0.137 e. The van der Waals surface area contributed by atoms with E-state index in [1.807, 2.05) is 0 Å². The molecule has 0 atom stereocenters. The minimum Gasteiger partial charge on any atom is -0.367 e. The molecule has 1 saturated carbocycles. The lowest BCUT2D eigenvalue weighted by Crippen LogP contribution is -2.17. The SMILES string of the molecule is CC(C)(C)c1nc(Cl)cc(NC2CC2)n1. The van der Waals surface area contributed by atoms with Gasteiger partial charge < -0.3 is 5.32 Å². The summed E-state index contributed by atoms with van der Waals surface area (Å²) >= 11 is 5.97. The number of nitrogens with one attached hydrogen (secondary N) is 1. The highest BCUT2D eigenvalue weighted by Crippen LogP contribution is 2.27. The summed E-state index contributed by atoms with van der Waals surface area (Å²) in [7, 11) is 0. The van der Waals surface area contributed by atoms with Crippen molar-refractivity contribution in [2.24, 2.45) is 0 Å². The molecule has 0 spiro atoms. The van der Waals surface area contributed by atoms with Crippen LogP contribution in [-0.2, 0) is 5.41 Å². The highest BCUT2D eigenvalue weighted by atomic mass is 35.5. The van der Waals surface area contributed by atoms with Crippen molar-refractivity contribution >= 4 is 17.4 Å². The fourth-order valence-corrected chi connectivity index (χ4v) is 1.45. The molecule has 0 unspecified atom stereocenters.